The molecule has 3 unspecified atom stereocenters. The lowest BCUT2D eigenvalue weighted by Gasteiger charge is -2.27. The van der Waals surface area contributed by atoms with Crippen LogP contribution in [0, 0.1) is 23.2 Å². The Morgan fingerprint density at radius 1 is 1.39 bits per heavy atom. The highest BCUT2D eigenvalue weighted by atomic mass is 16.2. The summed E-state index contributed by atoms with van der Waals surface area (Å²) < 4.78 is 0. The van der Waals surface area contributed by atoms with Crippen molar-refractivity contribution < 1.29 is 9.59 Å². The standard InChI is InChI=1S/C22H27N7O2/c1-13(2)9-17(28-21(31)19-26-15-5-3-4-6-16(15)27-19)18-25-12-22(11-23,29-18)10-14-7-8-24-20(14)30/h3-6,13-14,17H,7-10,12H2,1-2H3,(H,24,30)(H,25,29)(H,26,27)(H,28,31). The molecule has 2 aliphatic heterocycles. The van der Waals surface area contributed by atoms with E-state index in [9.17, 15) is 14.9 Å². The largest absolute Gasteiger partial charge is 0.356 e. The van der Waals surface area contributed by atoms with Gasteiger partial charge in [-0.15, -0.1) is 0 Å². The van der Waals surface area contributed by atoms with Gasteiger partial charge in [-0.25, -0.2) is 4.98 Å². The molecule has 4 rings (SSSR count). The number of nitriles is 1. The highest BCUT2D eigenvalue weighted by Crippen LogP contribution is 2.26. The fraction of sp³-hybridized carbons (Fsp3) is 0.500. The van der Waals surface area contributed by atoms with E-state index in [0.29, 0.717) is 31.1 Å². The lowest BCUT2D eigenvalue weighted by atomic mass is 9.88. The van der Waals surface area contributed by atoms with Crippen LogP contribution >= 0.6 is 0 Å². The van der Waals surface area contributed by atoms with E-state index in [-0.39, 0.29) is 36.1 Å². The first-order valence-electron chi connectivity index (χ1n) is 10.7. The van der Waals surface area contributed by atoms with E-state index in [0.717, 1.165) is 17.5 Å². The van der Waals surface area contributed by atoms with Crippen molar-refractivity contribution in [3.63, 3.8) is 0 Å². The summed E-state index contributed by atoms with van der Waals surface area (Å²) in [5, 5.41) is 19.0. The molecule has 1 fully saturated rings. The molecule has 2 amide bonds. The van der Waals surface area contributed by atoms with Crippen LogP contribution in [0.25, 0.3) is 11.0 Å². The van der Waals surface area contributed by atoms with Crippen LogP contribution in [0.1, 0.15) is 43.7 Å². The predicted octanol–water partition coefficient (Wildman–Crippen LogP) is 1.50. The summed E-state index contributed by atoms with van der Waals surface area (Å²) in [6.45, 7) is 5.03. The second kappa shape index (κ2) is 8.38. The Morgan fingerprint density at radius 2 is 2.19 bits per heavy atom. The third-order valence-electron chi connectivity index (χ3n) is 5.81. The van der Waals surface area contributed by atoms with Crippen LogP contribution in [-0.4, -0.2) is 52.3 Å². The van der Waals surface area contributed by atoms with E-state index in [1.165, 1.54) is 0 Å². The number of carbonyl (C=O) groups is 2. The molecule has 162 valence electrons. The number of imidazole rings is 1. The molecule has 1 saturated heterocycles. The molecule has 0 spiro atoms. The number of carbonyl (C=O) groups excluding carboxylic acids is 2. The number of nitrogens with zero attached hydrogens (tertiary/aromatic N) is 3. The molecular formula is C22H27N7O2. The third-order valence-corrected chi connectivity index (χ3v) is 5.81. The van der Waals surface area contributed by atoms with Crippen molar-refractivity contribution in [2.75, 3.05) is 13.1 Å². The molecule has 2 aliphatic rings. The SMILES string of the molecule is CC(C)CC(NC(=O)c1nc2ccccc2[nH]1)C1=NCC(C#N)(CC2CCNC2=O)N1. The molecular weight excluding hydrogens is 394 g/mol. The number of H-pyrrole nitrogens is 1. The van der Waals surface area contributed by atoms with Gasteiger partial charge < -0.3 is 20.9 Å². The number of rotatable bonds is 7. The third kappa shape index (κ3) is 4.38. The second-order valence-corrected chi connectivity index (χ2v) is 8.76. The van der Waals surface area contributed by atoms with Gasteiger partial charge in [-0.3, -0.25) is 14.6 Å². The Balaban J connectivity index is 1.49. The summed E-state index contributed by atoms with van der Waals surface area (Å²) in [7, 11) is 0. The summed E-state index contributed by atoms with van der Waals surface area (Å²) in [6, 6.07) is 9.41. The summed E-state index contributed by atoms with van der Waals surface area (Å²) in [5.74, 6) is 0.581. The highest BCUT2D eigenvalue weighted by Gasteiger charge is 2.42. The van der Waals surface area contributed by atoms with Gasteiger partial charge in [0, 0.05) is 12.5 Å². The molecule has 9 nitrogen and oxygen atoms in total. The first-order chi connectivity index (χ1) is 14.9. The second-order valence-electron chi connectivity index (χ2n) is 8.76. The number of amides is 2. The number of benzene rings is 1. The zero-order chi connectivity index (χ0) is 22.0. The molecule has 0 aliphatic carbocycles. The maximum Gasteiger partial charge on any atom is 0.287 e. The average molecular weight is 422 g/mol. The summed E-state index contributed by atoms with van der Waals surface area (Å²) in [5.41, 5.74) is 0.589. The van der Waals surface area contributed by atoms with E-state index in [1.54, 1.807) is 0 Å². The molecule has 9 heteroatoms. The lowest BCUT2D eigenvalue weighted by Crippen LogP contribution is -2.53. The lowest BCUT2D eigenvalue weighted by molar-refractivity contribution is -0.122. The smallest absolute Gasteiger partial charge is 0.287 e. The first kappa shape index (κ1) is 20.8. The van der Waals surface area contributed by atoms with Gasteiger partial charge in [0.2, 0.25) is 5.91 Å². The van der Waals surface area contributed by atoms with Gasteiger partial charge in [0.25, 0.3) is 5.91 Å². The van der Waals surface area contributed by atoms with Gasteiger partial charge in [0.1, 0.15) is 11.4 Å². The van der Waals surface area contributed by atoms with Crippen molar-refractivity contribution in [1.29, 1.82) is 5.26 Å². The average Bonchev–Trinajstić information content (AvgIpc) is 3.46. The zero-order valence-electron chi connectivity index (χ0n) is 17.7. The van der Waals surface area contributed by atoms with Gasteiger partial charge in [0.15, 0.2) is 5.82 Å². The number of aromatic amines is 1. The Labute approximate surface area is 180 Å². The van der Waals surface area contributed by atoms with Crippen LogP contribution in [0.2, 0.25) is 0 Å². The molecule has 2 aromatic rings. The molecule has 1 aromatic heterocycles. The molecule has 0 bridgehead atoms. The summed E-state index contributed by atoms with van der Waals surface area (Å²) >= 11 is 0. The van der Waals surface area contributed by atoms with E-state index in [1.807, 2.05) is 24.3 Å². The topological polar surface area (TPSA) is 135 Å². The van der Waals surface area contributed by atoms with Crippen LogP contribution in [0.5, 0.6) is 0 Å². The summed E-state index contributed by atoms with van der Waals surface area (Å²) in [4.78, 5) is 36.9. The van der Waals surface area contributed by atoms with Crippen LogP contribution in [-0.2, 0) is 4.79 Å². The number of aliphatic imine (C=N–C) groups is 1. The molecule has 3 heterocycles. The Morgan fingerprint density at radius 3 is 2.87 bits per heavy atom. The van der Waals surface area contributed by atoms with Crippen LogP contribution in [0.4, 0.5) is 0 Å². The molecule has 1 aromatic carbocycles. The summed E-state index contributed by atoms with van der Waals surface area (Å²) in [6.07, 6.45) is 1.77. The van der Waals surface area contributed by atoms with Gasteiger partial charge in [0.05, 0.1) is 29.7 Å². The zero-order valence-corrected chi connectivity index (χ0v) is 17.7. The van der Waals surface area contributed by atoms with Gasteiger partial charge in [-0.2, -0.15) is 5.26 Å². The van der Waals surface area contributed by atoms with Gasteiger partial charge >= 0.3 is 0 Å². The van der Waals surface area contributed by atoms with Crippen molar-refractivity contribution >= 4 is 28.7 Å². The minimum atomic E-state index is -0.930. The molecule has 0 saturated carbocycles. The van der Waals surface area contributed by atoms with Gasteiger partial charge in [-0.05, 0) is 37.3 Å². The fourth-order valence-corrected chi connectivity index (χ4v) is 4.22. The van der Waals surface area contributed by atoms with Crippen molar-refractivity contribution in [3.05, 3.63) is 30.1 Å². The molecule has 31 heavy (non-hydrogen) atoms. The number of nitrogens with one attached hydrogen (secondary N) is 4. The first-order valence-corrected chi connectivity index (χ1v) is 10.7. The molecule has 0 radical (unpaired) electrons. The normalized spacial score (nSPS) is 23.9. The minimum absolute atomic E-state index is 0.0122. The number of hydrogen-bond donors (Lipinski definition) is 4. The number of para-hydroxylation sites is 2. The van der Waals surface area contributed by atoms with E-state index < -0.39 is 5.54 Å². The maximum atomic E-state index is 12.9. The van der Waals surface area contributed by atoms with Crippen LogP contribution < -0.4 is 16.0 Å². The number of amidine groups is 1. The van der Waals surface area contributed by atoms with E-state index in [2.05, 4.69) is 50.8 Å². The van der Waals surface area contributed by atoms with Crippen molar-refractivity contribution in [2.24, 2.45) is 16.8 Å². The fourth-order valence-electron chi connectivity index (χ4n) is 4.22. The van der Waals surface area contributed by atoms with Crippen LogP contribution in [0.15, 0.2) is 29.3 Å². The van der Waals surface area contributed by atoms with Crippen LogP contribution in [0.3, 0.4) is 0 Å². The Bertz CT molecular complexity index is 1030. The quantitative estimate of drug-likeness (QED) is 0.537. The van der Waals surface area contributed by atoms with Crippen molar-refractivity contribution in [1.82, 2.24) is 25.9 Å². The van der Waals surface area contributed by atoms with E-state index in [4.69, 9.17) is 0 Å². The molecule has 3 atom stereocenters. The highest BCUT2D eigenvalue weighted by molar-refractivity contribution is 5.99. The number of aromatic nitrogens is 2. The monoisotopic (exact) mass is 421 g/mol. The predicted molar refractivity (Wildman–Crippen MR) is 116 cm³/mol. The number of hydrogen-bond acceptors (Lipinski definition) is 6. The van der Waals surface area contributed by atoms with Crippen molar-refractivity contribution in [2.45, 2.75) is 44.7 Å². The minimum Gasteiger partial charge on any atom is -0.356 e. The Kier molecular flexibility index (Phi) is 5.63. The maximum absolute atomic E-state index is 12.9. The van der Waals surface area contributed by atoms with Gasteiger partial charge in [-0.1, -0.05) is 26.0 Å². The van der Waals surface area contributed by atoms with Crippen molar-refractivity contribution in [3.8, 4) is 6.07 Å². The van der Waals surface area contributed by atoms with E-state index >= 15 is 0 Å². The number of fused-ring (bicyclic) bond motifs is 1. The molecule has 4 N–H and O–H groups in total. The Hall–Kier alpha value is -3.41.